The predicted molar refractivity (Wildman–Crippen MR) is 108 cm³/mol. The lowest BCUT2D eigenvalue weighted by atomic mass is 10.2. The number of furan rings is 1. The van der Waals surface area contributed by atoms with E-state index in [0.29, 0.717) is 5.58 Å². The number of nitrogens with one attached hydrogen (secondary N) is 1. The summed E-state index contributed by atoms with van der Waals surface area (Å²) in [5.41, 5.74) is 6.06. The van der Waals surface area contributed by atoms with Gasteiger partial charge in [-0.1, -0.05) is 18.2 Å². The maximum Gasteiger partial charge on any atom is 0.307 e. The summed E-state index contributed by atoms with van der Waals surface area (Å²) in [5, 5.41) is 4.97. The van der Waals surface area contributed by atoms with Gasteiger partial charge < -0.3 is 13.7 Å². The third kappa shape index (κ3) is 3.40. The second-order valence-electron chi connectivity index (χ2n) is 6.28. The Bertz CT molecular complexity index is 1120. The van der Waals surface area contributed by atoms with Gasteiger partial charge in [-0.05, 0) is 55.5 Å². The fraction of sp³-hybridized carbons (Fsp3) is 0.0909. The smallest absolute Gasteiger partial charge is 0.307 e. The molecule has 0 unspecified atom stereocenters. The Kier molecular flexibility index (Phi) is 4.68. The largest absolute Gasteiger partial charge is 0.497 e. The number of rotatable bonds is 5. The van der Waals surface area contributed by atoms with Crippen molar-refractivity contribution in [1.82, 2.24) is 9.99 Å². The Labute approximate surface area is 162 Å². The molecule has 0 radical (unpaired) electrons. The number of aromatic nitrogens is 1. The van der Waals surface area contributed by atoms with E-state index in [2.05, 4.69) is 10.5 Å². The number of fused-ring (bicyclic) bond motifs is 1. The van der Waals surface area contributed by atoms with Crippen LogP contribution in [-0.4, -0.2) is 23.8 Å². The number of aryl methyl sites for hydroxylation is 1. The van der Waals surface area contributed by atoms with Crippen LogP contribution in [0.15, 0.2) is 76.2 Å². The van der Waals surface area contributed by atoms with E-state index in [4.69, 9.17) is 9.15 Å². The number of hydrazone groups is 1. The van der Waals surface area contributed by atoms with Crippen LogP contribution in [0.4, 0.5) is 0 Å². The van der Waals surface area contributed by atoms with Gasteiger partial charge in [-0.15, -0.1) is 0 Å². The molecule has 28 heavy (non-hydrogen) atoms. The molecule has 4 aromatic rings. The fourth-order valence-electron chi connectivity index (χ4n) is 3.05. The van der Waals surface area contributed by atoms with Gasteiger partial charge in [0.15, 0.2) is 5.76 Å². The monoisotopic (exact) mass is 373 g/mol. The van der Waals surface area contributed by atoms with Crippen LogP contribution in [0, 0.1) is 6.92 Å². The molecule has 2 heterocycles. The van der Waals surface area contributed by atoms with E-state index in [1.807, 2.05) is 72.2 Å². The van der Waals surface area contributed by atoms with Crippen LogP contribution < -0.4 is 10.2 Å². The van der Waals surface area contributed by atoms with Crippen molar-refractivity contribution in [3.63, 3.8) is 0 Å². The van der Waals surface area contributed by atoms with Gasteiger partial charge in [-0.3, -0.25) is 4.79 Å². The Morgan fingerprint density at radius 2 is 1.89 bits per heavy atom. The zero-order chi connectivity index (χ0) is 19.5. The Hall–Kier alpha value is -3.80. The van der Waals surface area contributed by atoms with Crippen molar-refractivity contribution < 1.29 is 13.9 Å². The molecule has 0 saturated heterocycles. The van der Waals surface area contributed by atoms with Crippen molar-refractivity contribution in [1.29, 1.82) is 0 Å². The van der Waals surface area contributed by atoms with Crippen molar-refractivity contribution in [2.45, 2.75) is 6.92 Å². The lowest BCUT2D eigenvalue weighted by Gasteiger charge is -2.10. The van der Waals surface area contributed by atoms with Crippen molar-refractivity contribution in [3.05, 3.63) is 83.9 Å². The molecule has 0 aliphatic carbocycles. The van der Waals surface area contributed by atoms with Crippen LogP contribution in [0.5, 0.6) is 5.75 Å². The zero-order valence-electron chi connectivity index (χ0n) is 15.5. The van der Waals surface area contributed by atoms with Gasteiger partial charge in [0.1, 0.15) is 11.3 Å². The highest BCUT2D eigenvalue weighted by Crippen LogP contribution is 2.20. The highest BCUT2D eigenvalue weighted by Gasteiger charge is 2.11. The van der Waals surface area contributed by atoms with E-state index in [1.165, 1.54) is 0 Å². The van der Waals surface area contributed by atoms with Crippen LogP contribution in [-0.2, 0) is 0 Å². The Morgan fingerprint density at radius 3 is 2.64 bits per heavy atom. The Morgan fingerprint density at radius 1 is 1.11 bits per heavy atom. The predicted octanol–water partition coefficient (Wildman–Crippen LogP) is 4.30. The lowest BCUT2D eigenvalue weighted by molar-refractivity contribution is 0.0929. The standard InChI is InChI=1S/C22H19N3O3/c1-15-7-8-18(25(15)17-9-11-19(27-2)12-10-17)14-23-24-22(26)21-13-16-5-3-4-6-20(16)28-21/h3-14H,1-2H3,(H,24,26)/b23-14-. The number of carbonyl (C=O) groups excluding carboxylic acids is 1. The van der Waals surface area contributed by atoms with Crippen LogP contribution in [0.3, 0.4) is 0 Å². The average molecular weight is 373 g/mol. The fourth-order valence-corrected chi connectivity index (χ4v) is 3.05. The van der Waals surface area contributed by atoms with E-state index < -0.39 is 5.91 Å². The van der Waals surface area contributed by atoms with Crippen LogP contribution >= 0.6 is 0 Å². The summed E-state index contributed by atoms with van der Waals surface area (Å²) in [6, 6.07) is 20.8. The Balaban J connectivity index is 1.52. The van der Waals surface area contributed by atoms with Crippen molar-refractivity contribution in [2.24, 2.45) is 5.10 Å². The van der Waals surface area contributed by atoms with Gasteiger partial charge in [-0.25, -0.2) is 5.43 Å². The molecule has 6 heteroatoms. The minimum atomic E-state index is -0.397. The maximum atomic E-state index is 12.3. The van der Waals surface area contributed by atoms with Crippen molar-refractivity contribution >= 4 is 23.1 Å². The first-order chi connectivity index (χ1) is 13.7. The molecule has 0 bridgehead atoms. The molecule has 0 saturated carbocycles. The zero-order valence-corrected chi connectivity index (χ0v) is 15.5. The molecule has 1 N–H and O–H groups in total. The molecular formula is C22H19N3O3. The van der Waals surface area contributed by atoms with Crippen molar-refractivity contribution in [3.8, 4) is 11.4 Å². The number of ether oxygens (including phenoxy) is 1. The SMILES string of the molecule is COc1ccc(-n2c(C)ccc2/C=N\NC(=O)c2cc3ccccc3o2)cc1. The van der Waals surface area contributed by atoms with Crippen LogP contribution in [0.1, 0.15) is 21.9 Å². The van der Waals surface area contributed by atoms with E-state index in [0.717, 1.165) is 28.2 Å². The van der Waals surface area contributed by atoms with E-state index in [1.54, 1.807) is 19.4 Å². The highest BCUT2D eigenvalue weighted by molar-refractivity contribution is 5.96. The summed E-state index contributed by atoms with van der Waals surface area (Å²) < 4.78 is 12.8. The number of para-hydroxylation sites is 1. The second-order valence-corrected chi connectivity index (χ2v) is 6.28. The first kappa shape index (κ1) is 17.6. The second kappa shape index (κ2) is 7.44. The van der Waals surface area contributed by atoms with Gasteiger partial charge in [0, 0.05) is 16.8 Å². The topological polar surface area (TPSA) is 68.8 Å². The quantitative estimate of drug-likeness (QED) is 0.419. The molecule has 2 aromatic carbocycles. The summed E-state index contributed by atoms with van der Waals surface area (Å²) in [5.74, 6) is 0.619. The number of benzene rings is 2. The summed E-state index contributed by atoms with van der Waals surface area (Å²) >= 11 is 0. The summed E-state index contributed by atoms with van der Waals surface area (Å²) in [7, 11) is 1.64. The van der Waals surface area contributed by atoms with Gasteiger partial charge in [0.25, 0.3) is 0 Å². The van der Waals surface area contributed by atoms with Gasteiger partial charge >= 0.3 is 5.91 Å². The molecule has 0 fully saturated rings. The van der Waals surface area contributed by atoms with Gasteiger partial charge in [-0.2, -0.15) is 5.10 Å². The van der Waals surface area contributed by atoms with E-state index in [9.17, 15) is 4.79 Å². The van der Waals surface area contributed by atoms with Crippen LogP contribution in [0.2, 0.25) is 0 Å². The number of hydrogen-bond acceptors (Lipinski definition) is 4. The molecule has 0 spiro atoms. The van der Waals surface area contributed by atoms with Crippen LogP contribution in [0.25, 0.3) is 16.7 Å². The first-order valence-electron chi connectivity index (χ1n) is 8.80. The molecular weight excluding hydrogens is 354 g/mol. The third-order valence-electron chi connectivity index (χ3n) is 4.45. The first-order valence-corrected chi connectivity index (χ1v) is 8.80. The number of nitrogens with zero attached hydrogens (tertiary/aromatic N) is 2. The van der Waals surface area contributed by atoms with Gasteiger partial charge in [0.2, 0.25) is 0 Å². The summed E-state index contributed by atoms with van der Waals surface area (Å²) in [6.07, 6.45) is 1.61. The number of methoxy groups -OCH3 is 1. The maximum absolute atomic E-state index is 12.3. The molecule has 6 nitrogen and oxygen atoms in total. The lowest BCUT2D eigenvalue weighted by Crippen LogP contribution is -2.17. The molecule has 1 amide bonds. The highest BCUT2D eigenvalue weighted by atomic mass is 16.5. The summed E-state index contributed by atoms with van der Waals surface area (Å²) in [4.78, 5) is 12.3. The molecule has 0 atom stereocenters. The number of hydrogen-bond donors (Lipinski definition) is 1. The molecule has 140 valence electrons. The average Bonchev–Trinajstić information content (AvgIpc) is 3.31. The molecule has 2 aromatic heterocycles. The number of amides is 1. The normalized spacial score (nSPS) is 11.2. The van der Waals surface area contributed by atoms with E-state index >= 15 is 0 Å². The van der Waals surface area contributed by atoms with Crippen molar-refractivity contribution in [2.75, 3.05) is 7.11 Å². The van der Waals surface area contributed by atoms with E-state index in [-0.39, 0.29) is 5.76 Å². The third-order valence-corrected chi connectivity index (χ3v) is 4.45. The minimum Gasteiger partial charge on any atom is -0.497 e. The molecule has 4 rings (SSSR count). The molecule has 0 aliphatic rings. The minimum absolute atomic E-state index is 0.222. The molecule has 0 aliphatic heterocycles. The number of carbonyl (C=O) groups is 1. The summed E-state index contributed by atoms with van der Waals surface area (Å²) in [6.45, 7) is 2.01. The van der Waals surface area contributed by atoms with Gasteiger partial charge in [0.05, 0.1) is 19.0 Å².